The summed E-state index contributed by atoms with van der Waals surface area (Å²) in [4.78, 5) is 25.6. The van der Waals surface area contributed by atoms with Crippen molar-refractivity contribution in [3.63, 3.8) is 0 Å². The van der Waals surface area contributed by atoms with Crippen molar-refractivity contribution >= 4 is 17.5 Å². The largest absolute Gasteiger partial charge is 0.456 e. The number of anilines is 1. The summed E-state index contributed by atoms with van der Waals surface area (Å²) in [7, 11) is 3.77. The first-order chi connectivity index (χ1) is 9.97. The monoisotopic (exact) mass is 287 g/mol. The molecule has 0 radical (unpaired) electrons. The number of hydrazine groups is 1. The average Bonchev–Trinajstić information content (AvgIpc) is 2.91. The Labute approximate surface area is 122 Å². The van der Waals surface area contributed by atoms with Gasteiger partial charge in [0.2, 0.25) is 0 Å². The van der Waals surface area contributed by atoms with Crippen LogP contribution < -0.4 is 15.8 Å². The molecule has 2 amide bonds. The lowest BCUT2D eigenvalue weighted by atomic mass is 10.2. The molecule has 0 saturated carbocycles. The Morgan fingerprint density at radius 2 is 1.76 bits per heavy atom. The molecule has 2 aromatic rings. The highest BCUT2D eigenvalue weighted by Gasteiger charge is 2.12. The Morgan fingerprint density at radius 3 is 2.38 bits per heavy atom. The van der Waals surface area contributed by atoms with Gasteiger partial charge in [0.05, 0.1) is 0 Å². The van der Waals surface area contributed by atoms with Crippen molar-refractivity contribution in [1.29, 1.82) is 0 Å². The second-order valence-electron chi connectivity index (χ2n) is 4.76. The highest BCUT2D eigenvalue weighted by Crippen LogP contribution is 2.13. The SMILES string of the molecule is Cc1ccc(C(=O)NNC(=O)c2cccc(N(C)C)c2)o1. The molecule has 0 bridgehead atoms. The van der Waals surface area contributed by atoms with E-state index in [-0.39, 0.29) is 5.76 Å². The summed E-state index contributed by atoms with van der Waals surface area (Å²) in [5.74, 6) is -0.115. The lowest BCUT2D eigenvalue weighted by Gasteiger charge is -2.13. The van der Waals surface area contributed by atoms with Crippen molar-refractivity contribution in [1.82, 2.24) is 10.9 Å². The van der Waals surface area contributed by atoms with E-state index in [9.17, 15) is 9.59 Å². The smallest absolute Gasteiger partial charge is 0.305 e. The Bertz CT molecular complexity index is 662. The zero-order chi connectivity index (χ0) is 15.4. The fraction of sp³-hybridized carbons (Fsp3) is 0.200. The maximum Gasteiger partial charge on any atom is 0.305 e. The maximum absolute atomic E-state index is 12.0. The summed E-state index contributed by atoms with van der Waals surface area (Å²) in [5.41, 5.74) is 6.02. The first-order valence-corrected chi connectivity index (χ1v) is 6.42. The topological polar surface area (TPSA) is 74.6 Å². The van der Waals surface area contributed by atoms with Crippen LogP contribution in [0.1, 0.15) is 26.7 Å². The predicted molar refractivity (Wildman–Crippen MR) is 79.1 cm³/mol. The summed E-state index contributed by atoms with van der Waals surface area (Å²) in [5, 5.41) is 0. The normalized spacial score (nSPS) is 10.0. The number of rotatable bonds is 3. The Hall–Kier alpha value is -2.76. The van der Waals surface area contributed by atoms with Gasteiger partial charge in [0.15, 0.2) is 5.76 Å². The van der Waals surface area contributed by atoms with E-state index in [2.05, 4.69) is 10.9 Å². The highest BCUT2D eigenvalue weighted by atomic mass is 16.3. The minimum Gasteiger partial charge on any atom is -0.456 e. The lowest BCUT2D eigenvalue weighted by molar-refractivity contribution is 0.0830. The molecule has 2 rings (SSSR count). The standard InChI is InChI=1S/C15H17N3O3/c1-10-7-8-13(21-10)15(20)17-16-14(19)11-5-4-6-12(9-11)18(2)3/h4-9H,1-3H3,(H,16,19)(H,17,20). The van der Waals surface area contributed by atoms with Crippen LogP contribution in [0.15, 0.2) is 40.8 Å². The molecule has 1 aromatic carbocycles. The van der Waals surface area contributed by atoms with Gasteiger partial charge < -0.3 is 9.32 Å². The van der Waals surface area contributed by atoms with Crippen molar-refractivity contribution in [3.05, 3.63) is 53.5 Å². The zero-order valence-electron chi connectivity index (χ0n) is 12.1. The van der Waals surface area contributed by atoms with E-state index in [0.717, 1.165) is 5.69 Å². The summed E-state index contributed by atoms with van der Waals surface area (Å²) in [6, 6.07) is 10.3. The van der Waals surface area contributed by atoms with Gasteiger partial charge in [0, 0.05) is 25.3 Å². The highest BCUT2D eigenvalue weighted by molar-refractivity contribution is 5.98. The average molecular weight is 287 g/mol. The number of nitrogens with zero attached hydrogens (tertiary/aromatic N) is 1. The summed E-state index contributed by atoms with van der Waals surface area (Å²) in [6.07, 6.45) is 0. The number of benzene rings is 1. The van der Waals surface area contributed by atoms with Crippen LogP contribution in [0.5, 0.6) is 0 Å². The molecule has 6 heteroatoms. The van der Waals surface area contributed by atoms with Crippen molar-refractivity contribution in [2.75, 3.05) is 19.0 Å². The van der Waals surface area contributed by atoms with Crippen LogP contribution in [0.2, 0.25) is 0 Å². The fourth-order valence-electron chi connectivity index (χ4n) is 1.73. The molecule has 1 aromatic heterocycles. The van der Waals surface area contributed by atoms with Gasteiger partial charge >= 0.3 is 5.91 Å². The van der Waals surface area contributed by atoms with Crippen molar-refractivity contribution in [3.8, 4) is 0 Å². The van der Waals surface area contributed by atoms with Gasteiger partial charge in [-0.05, 0) is 37.3 Å². The molecule has 1 heterocycles. The van der Waals surface area contributed by atoms with Gasteiger partial charge in [0.1, 0.15) is 5.76 Å². The maximum atomic E-state index is 12.0. The van der Waals surface area contributed by atoms with Gasteiger partial charge in [-0.25, -0.2) is 0 Å². The molecule has 0 unspecified atom stereocenters. The van der Waals surface area contributed by atoms with E-state index in [1.165, 1.54) is 0 Å². The second kappa shape index (κ2) is 6.13. The van der Waals surface area contributed by atoms with Gasteiger partial charge in [-0.2, -0.15) is 0 Å². The molecular formula is C15H17N3O3. The molecule has 0 aliphatic heterocycles. The Morgan fingerprint density at radius 1 is 1.05 bits per heavy atom. The zero-order valence-corrected chi connectivity index (χ0v) is 12.1. The molecule has 110 valence electrons. The quantitative estimate of drug-likeness (QED) is 0.843. The first kappa shape index (κ1) is 14.6. The first-order valence-electron chi connectivity index (χ1n) is 6.42. The second-order valence-corrected chi connectivity index (χ2v) is 4.76. The number of amides is 2. The van der Waals surface area contributed by atoms with E-state index >= 15 is 0 Å². The molecule has 0 fully saturated rings. The summed E-state index contributed by atoms with van der Waals surface area (Å²) < 4.78 is 5.16. The van der Waals surface area contributed by atoms with Gasteiger partial charge in [-0.3, -0.25) is 20.4 Å². The molecule has 0 spiro atoms. The molecule has 0 saturated heterocycles. The van der Waals surface area contributed by atoms with Gasteiger partial charge in [0.25, 0.3) is 5.91 Å². The number of hydrogen-bond acceptors (Lipinski definition) is 4. The number of hydrogen-bond donors (Lipinski definition) is 2. The Balaban J connectivity index is 1.98. The van der Waals surface area contributed by atoms with E-state index in [4.69, 9.17) is 4.42 Å². The van der Waals surface area contributed by atoms with Crippen LogP contribution in [-0.4, -0.2) is 25.9 Å². The fourth-order valence-corrected chi connectivity index (χ4v) is 1.73. The third kappa shape index (κ3) is 3.62. The van der Waals surface area contributed by atoms with E-state index in [1.54, 1.807) is 37.3 Å². The minimum atomic E-state index is -0.500. The van der Waals surface area contributed by atoms with Crippen LogP contribution in [0.3, 0.4) is 0 Å². The number of carbonyl (C=O) groups is 2. The van der Waals surface area contributed by atoms with Crippen LogP contribution in [0.4, 0.5) is 5.69 Å². The number of furan rings is 1. The third-order valence-electron chi connectivity index (χ3n) is 2.88. The molecule has 6 nitrogen and oxygen atoms in total. The molecule has 2 N–H and O–H groups in total. The van der Waals surface area contributed by atoms with Crippen LogP contribution in [-0.2, 0) is 0 Å². The van der Waals surface area contributed by atoms with Crippen molar-refractivity contribution < 1.29 is 14.0 Å². The molecular weight excluding hydrogens is 270 g/mol. The number of carbonyl (C=O) groups excluding carboxylic acids is 2. The van der Waals surface area contributed by atoms with E-state index in [1.807, 2.05) is 25.1 Å². The van der Waals surface area contributed by atoms with Gasteiger partial charge in [-0.15, -0.1) is 0 Å². The van der Waals surface area contributed by atoms with Crippen LogP contribution in [0.25, 0.3) is 0 Å². The minimum absolute atomic E-state index is 0.148. The van der Waals surface area contributed by atoms with Crippen LogP contribution in [0, 0.1) is 6.92 Å². The van der Waals surface area contributed by atoms with Gasteiger partial charge in [-0.1, -0.05) is 6.07 Å². The van der Waals surface area contributed by atoms with E-state index < -0.39 is 11.8 Å². The third-order valence-corrected chi connectivity index (χ3v) is 2.88. The molecule has 21 heavy (non-hydrogen) atoms. The summed E-state index contributed by atoms with van der Waals surface area (Å²) in [6.45, 7) is 1.74. The van der Waals surface area contributed by atoms with Crippen LogP contribution >= 0.6 is 0 Å². The van der Waals surface area contributed by atoms with Crippen molar-refractivity contribution in [2.24, 2.45) is 0 Å². The number of aryl methyl sites for hydroxylation is 1. The lowest BCUT2D eigenvalue weighted by Crippen LogP contribution is -2.41. The number of nitrogens with one attached hydrogen (secondary N) is 2. The Kier molecular flexibility index (Phi) is 4.27. The molecule has 0 aliphatic rings. The molecule has 0 aliphatic carbocycles. The summed E-state index contributed by atoms with van der Waals surface area (Å²) >= 11 is 0. The van der Waals surface area contributed by atoms with Crippen molar-refractivity contribution in [2.45, 2.75) is 6.92 Å². The van der Waals surface area contributed by atoms with E-state index in [0.29, 0.717) is 11.3 Å². The molecule has 0 atom stereocenters. The predicted octanol–water partition coefficient (Wildman–Crippen LogP) is 1.73.